The molecule has 0 aromatic heterocycles. The molecular weight excluding hydrogens is 331 g/mol. The molecule has 0 aliphatic heterocycles. The Morgan fingerprint density at radius 2 is 0.667 bits per heavy atom. The largest absolute Gasteiger partial charge is 4.00 e. The first-order chi connectivity index (χ1) is 8.93. The average Bonchev–Trinajstić information content (AvgIpc) is 3.08. The van der Waals surface area contributed by atoms with E-state index >= 15 is 0 Å². The zero-order valence-corrected chi connectivity index (χ0v) is 15.0. The molecule has 0 N–H and O–H groups in total. The van der Waals surface area contributed by atoms with E-state index in [1.54, 1.807) is 0 Å². The molecule has 21 heavy (non-hydrogen) atoms. The Hall–Kier alpha value is -0.677. The van der Waals surface area contributed by atoms with Crippen molar-refractivity contribution in [3.63, 3.8) is 0 Å². The van der Waals surface area contributed by atoms with E-state index in [0.717, 1.165) is 0 Å². The zero-order chi connectivity index (χ0) is 12.2. The third kappa shape index (κ3) is 5.22. The molecule has 0 nitrogen and oxygen atoms in total. The first kappa shape index (κ1) is 20.3. The van der Waals surface area contributed by atoms with E-state index in [1.165, 1.54) is 22.3 Å². The predicted molar refractivity (Wildman–Crippen MR) is 87.9 cm³/mol. The van der Waals surface area contributed by atoms with Crippen LogP contribution < -0.4 is 0 Å². The molecule has 0 unspecified atom stereocenters. The molecule has 102 valence electrons. The molecule has 0 heterocycles. The fourth-order valence-corrected chi connectivity index (χ4v) is 2.14. The third-order valence-electron chi connectivity index (χ3n) is 3.10. The quantitative estimate of drug-likeness (QED) is 0.591. The van der Waals surface area contributed by atoms with Crippen LogP contribution >= 0.6 is 0 Å². The maximum atomic E-state index is 2.12. The molecule has 2 aromatic carbocycles. The Morgan fingerprint density at radius 3 is 0.905 bits per heavy atom. The minimum atomic E-state index is 0. The Labute approximate surface area is 150 Å². The summed E-state index contributed by atoms with van der Waals surface area (Å²) in [4.78, 5) is 0. The van der Waals surface area contributed by atoms with Gasteiger partial charge in [0.25, 0.3) is 0 Å². The predicted octanol–water partition coefficient (Wildman–Crippen LogP) is 4.92. The van der Waals surface area contributed by atoms with Crippen LogP contribution in [0.15, 0.2) is 48.5 Å². The van der Waals surface area contributed by atoms with Crippen LogP contribution in [0.3, 0.4) is 0 Å². The summed E-state index contributed by atoms with van der Waals surface area (Å²) in [6.07, 6.45) is 12.6. The molecule has 6 radical (unpaired) electrons. The topological polar surface area (TPSA) is 0 Å². The van der Waals surface area contributed by atoms with Crippen LogP contribution in [-0.4, -0.2) is 0 Å². The monoisotopic (exact) mass is 350 g/mol. The second-order valence-electron chi connectivity index (χ2n) is 4.31. The Morgan fingerprint density at radius 1 is 0.429 bits per heavy atom. The van der Waals surface area contributed by atoms with E-state index in [0.29, 0.717) is 0 Å². The van der Waals surface area contributed by atoms with Crippen LogP contribution in [0.5, 0.6) is 0 Å². The summed E-state index contributed by atoms with van der Waals surface area (Å²) in [5.41, 5.74) is 5.32. The number of hydrogen-bond donors (Lipinski definition) is 0. The van der Waals surface area contributed by atoms with Crippen molar-refractivity contribution in [1.82, 2.24) is 0 Å². The molecule has 2 aliphatic rings. The molecular formula is C20H20Zr+2. The van der Waals surface area contributed by atoms with Gasteiger partial charge in [-0.05, 0) is 60.8 Å². The van der Waals surface area contributed by atoms with Gasteiger partial charge in [0.1, 0.15) is 0 Å². The van der Waals surface area contributed by atoms with Crippen molar-refractivity contribution in [2.75, 3.05) is 0 Å². The molecule has 0 fully saturated rings. The summed E-state index contributed by atoms with van der Waals surface area (Å²) >= 11 is 0. The summed E-state index contributed by atoms with van der Waals surface area (Å²) in [6, 6.07) is 16.7. The summed E-state index contributed by atoms with van der Waals surface area (Å²) in [7, 11) is 0. The molecule has 2 aliphatic carbocycles. The second-order valence-corrected chi connectivity index (χ2v) is 4.31. The van der Waals surface area contributed by atoms with Crippen LogP contribution in [-0.2, 0) is 26.2 Å². The van der Waals surface area contributed by atoms with Crippen molar-refractivity contribution >= 4 is 0 Å². The second kappa shape index (κ2) is 10.1. The van der Waals surface area contributed by atoms with Gasteiger partial charge in [0.05, 0.1) is 0 Å². The average molecular weight is 352 g/mol. The van der Waals surface area contributed by atoms with Gasteiger partial charge >= 0.3 is 26.2 Å². The van der Waals surface area contributed by atoms with E-state index < -0.39 is 0 Å². The third-order valence-corrected chi connectivity index (χ3v) is 3.10. The van der Waals surface area contributed by atoms with Gasteiger partial charge in [-0.25, -0.2) is 0 Å². The van der Waals surface area contributed by atoms with Gasteiger partial charge in [-0.1, -0.05) is 48.5 Å². The Kier molecular flexibility index (Phi) is 9.79. The van der Waals surface area contributed by atoms with Gasteiger partial charge in [0.15, 0.2) is 0 Å². The molecule has 2 aromatic rings. The standard InChI is InChI=1S/2C9H7.2CH3.Zr/c2*1-2-5-9-7-3-6-8(9)4-1;;;/h2*1-7H;2*1H3;/q;;2*-1;+4. The number of rotatable bonds is 0. The van der Waals surface area contributed by atoms with Crippen molar-refractivity contribution < 1.29 is 26.2 Å². The smallest absolute Gasteiger partial charge is 0.358 e. The summed E-state index contributed by atoms with van der Waals surface area (Å²) in [5, 5.41) is 0. The Balaban J connectivity index is 0.000000333. The van der Waals surface area contributed by atoms with E-state index in [-0.39, 0.29) is 41.1 Å². The number of hydrogen-bond acceptors (Lipinski definition) is 0. The first-order valence-electron chi connectivity index (χ1n) is 6.14. The van der Waals surface area contributed by atoms with Crippen LogP contribution in [0.1, 0.15) is 22.3 Å². The van der Waals surface area contributed by atoms with Crippen molar-refractivity contribution in [2.24, 2.45) is 0 Å². The van der Waals surface area contributed by atoms with E-state index in [2.05, 4.69) is 87.1 Å². The van der Waals surface area contributed by atoms with Crippen molar-refractivity contribution in [1.29, 1.82) is 0 Å². The normalized spacial score (nSPS) is 13.3. The van der Waals surface area contributed by atoms with Crippen molar-refractivity contribution in [3.05, 3.63) is 124 Å². The van der Waals surface area contributed by atoms with Crippen LogP contribution in [0.4, 0.5) is 0 Å². The van der Waals surface area contributed by atoms with E-state index in [1.807, 2.05) is 0 Å². The fourth-order valence-electron chi connectivity index (χ4n) is 2.14. The van der Waals surface area contributed by atoms with Gasteiger partial charge < -0.3 is 14.9 Å². The summed E-state index contributed by atoms with van der Waals surface area (Å²) in [5.74, 6) is 0. The molecule has 0 atom stereocenters. The zero-order valence-electron chi connectivity index (χ0n) is 12.6. The summed E-state index contributed by atoms with van der Waals surface area (Å²) < 4.78 is 0. The maximum absolute atomic E-state index is 2.12. The van der Waals surface area contributed by atoms with Crippen molar-refractivity contribution in [3.8, 4) is 0 Å². The number of benzene rings is 2. The van der Waals surface area contributed by atoms with Crippen molar-refractivity contribution in [2.45, 2.75) is 0 Å². The SMILES string of the molecule is [CH3-].[CH3-].[CH]1[CH]c2ccccc2[CH]1.[CH]1[CH]c2ccccc2[CH]1.[Zr+4]. The molecule has 4 rings (SSSR count). The van der Waals surface area contributed by atoms with Crippen LogP contribution in [0.2, 0.25) is 0 Å². The minimum absolute atomic E-state index is 0. The fraction of sp³-hybridized carbons (Fsp3) is 0. The van der Waals surface area contributed by atoms with Gasteiger partial charge in [-0.2, -0.15) is 0 Å². The minimum Gasteiger partial charge on any atom is -0.358 e. The Bertz CT molecular complexity index is 435. The molecule has 0 saturated heterocycles. The molecule has 0 spiro atoms. The molecule has 0 amide bonds. The molecule has 0 saturated carbocycles. The van der Waals surface area contributed by atoms with Gasteiger partial charge in [-0.3, -0.25) is 0 Å². The van der Waals surface area contributed by atoms with Gasteiger partial charge in [0.2, 0.25) is 0 Å². The van der Waals surface area contributed by atoms with Gasteiger partial charge in [0, 0.05) is 0 Å². The number of fused-ring (bicyclic) bond motifs is 2. The van der Waals surface area contributed by atoms with Crippen LogP contribution in [0.25, 0.3) is 0 Å². The van der Waals surface area contributed by atoms with E-state index in [9.17, 15) is 0 Å². The van der Waals surface area contributed by atoms with Crippen LogP contribution in [0, 0.1) is 53.4 Å². The molecule has 0 bridgehead atoms. The molecule has 1 heteroatoms. The summed E-state index contributed by atoms with van der Waals surface area (Å²) in [6.45, 7) is 0. The first-order valence-corrected chi connectivity index (χ1v) is 6.14. The van der Waals surface area contributed by atoms with E-state index in [4.69, 9.17) is 0 Å². The maximum Gasteiger partial charge on any atom is 4.00 e. The van der Waals surface area contributed by atoms with Gasteiger partial charge in [-0.15, -0.1) is 0 Å².